The van der Waals surface area contributed by atoms with Crippen molar-refractivity contribution < 1.29 is 19.8 Å². The second kappa shape index (κ2) is 14.5. The fourth-order valence-electron chi connectivity index (χ4n) is 2.15. The number of aliphatic carboxylic acids is 1. The Labute approximate surface area is 155 Å². The summed E-state index contributed by atoms with van der Waals surface area (Å²) >= 11 is 0. The van der Waals surface area contributed by atoms with Gasteiger partial charge in [-0.1, -0.05) is 32.6 Å². The Balaban J connectivity index is 0. The predicted molar refractivity (Wildman–Crippen MR) is 89.0 cm³/mol. The van der Waals surface area contributed by atoms with Crippen LogP contribution in [0.5, 0.6) is 0 Å². The number of amides is 1. The summed E-state index contributed by atoms with van der Waals surface area (Å²) in [5.74, 6) is -1.00. The molecule has 126 valence electrons. The monoisotopic (exact) mass is 326 g/mol. The second-order valence-corrected chi connectivity index (χ2v) is 5.40. The van der Waals surface area contributed by atoms with E-state index in [9.17, 15) is 14.7 Å². The number of carboxylic acids is 1. The van der Waals surface area contributed by atoms with Crippen molar-refractivity contribution in [2.45, 2.75) is 71.6 Å². The van der Waals surface area contributed by atoms with Gasteiger partial charge in [-0.2, -0.15) is 0 Å². The number of carbonyl (C=O) groups excluding carboxylic acids is 1. The van der Waals surface area contributed by atoms with E-state index in [-0.39, 0.29) is 35.5 Å². The molecule has 0 spiro atoms. The maximum atomic E-state index is 11.6. The van der Waals surface area contributed by atoms with Crippen LogP contribution in [0.25, 0.3) is 0 Å². The number of aliphatic hydroxyl groups excluding tert-OH is 1. The van der Waals surface area contributed by atoms with Crippen LogP contribution in [0.4, 0.5) is 0 Å². The van der Waals surface area contributed by atoms with Crippen LogP contribution in [-0.2, 0) is 9.59 Å². The number of nitrogens with zero attached hydrogens (tertiary/aromatic N) is 1. The van der Waals surface area contributed by atoms with Crippen molar-refractivity contribution in [1.29, 1.82) is 0 Å². The number of carbonyl (C=O) groups is 2. The molecule has 2 unspecified atom stereocenters. The molecule has 0 fully saturated rings. The number of nitrogens with one attached hydrogen (secondary N) is 1. The van der Waals surface area contributed by atoms with Crippen molar-refractivity contribution in [1.82, 2.24) is 10.2 Å². The van der Waals surface area contributed by atoms with E-state index in [1.165, 1.54) is 31.6 Å². The number of hydrogen-bond acceptors (Lipinski definition) is 4. The van der Waals surface area contributed by atoms with Gasteiger partial charge in [0.05, 0.1) is 0 Å². The van der Waals surface area contributed by atoms with Crippen LogP contribution in [-0.4, -0.2) is 81.9 Å². The Morgan fingerprint density at radius 2 is 1.73 bits per heavy atom. The van der Waals surface area contributed by atoms with Crippen molar-refractivity contribution >= 4 is 41.4 Å². The number of hydrogen-bond donors (Lipinski definition) is 3. The molecular formula is C15H31N2NaO4. The molecule has 0 aliphatic rings. The van der Waals surface area contributed by atoms with E-state index < -0.39 is 18.2 Å². The van der Waals surface area contributed by atoms with Gasteiger partial charge in [0.25, 0.3) is 0 Å². The maximum absolute atomic E-state index is 11.6. The normalized spacial score (nSPS) is 13.3. The first-order valence-electron chi connectivity index (χ1n) is 7.83. The first kappa shape index (κ1) is 24.1. The fourth-order valence-corrected chi connectivity index (χ4v) is 2.15. The van der Waals surface area contributed by atoms with Gasteiger partial charge < -0.3 is 15.5 Å². The van der Waals surface area contributed by atoms with E-state index in [1.807, 2.05) is 0 Å². The third kappa shape index (κ3) is 11.4. The van der Waals surface area contributed by atoms with Gasteiger partial charge in [-0.3, -0.25) is 14.5 Å². The van der Waals surface area contributed by atoms with Gasteiger partial charge in [0, 0.05) is 19.5 Å². The minimum absolute atomic E-state index is 0. The average Bonchev–Trinajstić information content (AvgIpc) is 2.42. The fraction of sp³-hybridized carbons (Fsp3) is 0.867. The third-order valence-electron chi connectivity index (χ3n) is 3.53. The minimum atomic E-state index is -0.988. The summed E-state index contributed by atoms with van der Waals surface area (Å²) in [5.41, 5.74) is 0. The molecule has 2 atom stereocenters. The zero-order valence-corrected chi connectivity index (χ0v) is 13.5. The average molecular weight is 326 g/mol. The number of unbranched alkanes of at least 4 members (excludes halogenated alkanes) is 4. The van der Waals surface area contributed by atoms with Gasteiger partial charge in [-0.05, 0) is 20.3 Å². The molecule has 0 aliphatic heterocycles. The molecule has 0 aromatic rings. The number of carboxylic acid groups (broad SMARTS) is 1. The third-order valence-corrected chi connectivity index (χ3v) is 3.53. The first-order chi connectivity index (χ1) is 9.90. The van der Waals surface area contributed by atoms with Crippen LogP contribution in [0.15, 0.2) is 0 Å². The summed E-state index contributed by atoms with van der Waals surface area (Å²) < 4.78 is 0. The number of aliphatic hydroxyl groups is 1. The van der Waals surface area contributed by atoms with Crippen LogP contribution in [0.1, 0.15) is 59.3 Å². The van der Waals surface area contributed by atoms with Crippen molar-refractivity contribution in [3.8, 4) is 0 Å². The van der Waals surface area contributed by atoms with Gasteiger partial charge in [0.15, 0.2) is 0 Å². The van der Waals surface area contributed by atoms with Gasteiger partial charge in [0.2, 0.25) is 5.91 Å². The molecule has 1 amide bonds. The van der Waals surface area contributed by atoms with Gasteiger partial charge in [-0.25, -0.2) is 0 Å². The SMILES string of the molecule is CCCCCCCC(=O)NCCN(C(C)O)C(C)C(=O)O.[NaH]. The van der Waals surface area contributed by atoms with E-state index in [1.54, 1.807) is 0 Å². The van der Waals surface area contributed by atoms with E-state index in [2.05, 4.69) is 12.2 Å². The molecule has 0 radical (unpaired) electrons. The topological polar surface area (TPSA) is 89.9 Å². The molecule has 0 rings (SSSR count). The Morgan fingerprint density at radius 3 is 2.23 bits per heavy atom. The van der Waals surface area contributed by atoms with Crippen molar-refractivity contribution in [3.63, 3.8) is 0 Å². The summed E-state index contributed by atoms with van der Waals surface area (Å²) in [6.45, 7) is 5.85. The van der Waals surface area contributed by atoms with E-state index in [4.69, 9.17) is 5.11 Å². The predicted octanol–water partition coefficient (Wildman–Crippen LogP) is 0.928. The quantitative estimate of drug-likeness (QED) is 0.282. The Hall–Kier alpha value is -0.140. The molecule has 0 heterocycles. The molecule has 22 heavy (non-hydrogen) atoms. The summed E-state index contributed by atoms with van der Waals surface area (Å²) in [4.78, 5) is 24.0. The molecule has 0 bridgehead atoms. The molecule has 6 nitrogen and oxygen atoms in total. The zero-order valence-electron chi connectivity index (χ0n) is 13.5. The first-order valence-corrected chi connectivity index (χ1v) is 7.83. The molecule has 7 heteroatoms. The molecular weight excluding hydrogens is 295 g/mol. The van der Waals surface area contributed by atoms with Crippen LogP contribution in [0.2, 0.25) is 0 Å². The molecule has 3 N–H and O–H groups in total. The molecule has 0 saturated carbocycles. The second-order valence-electron chi connectivity index (χ2n) is 5.40. The van der Waals surface area contributed by atoms with E-state index in [0.29, 0.717) is 19.5 Å². The zero-order chi connectivity index (χ0) is 16.3. The summed E-state index contributed by atoms with van der Waals surface area (Å²) in [7, 11) is 0. The van der Waals surface area contributed by atoms with Crippen molar-refractivity contribution in [3.05, 3.63) is 0 Å². The van der Waals surface area contributed by atoms with E-state index in [0.717, 1.165) is 19.3 Å². The standard InChI is InChI=1S/C15H30N2O4.Na.H/c1-4-5-6-7-8-9-14(19)16-10-11-17(13(3)18)12(2)15(20)21;;/h12-13,18H,4-11H2,1-3H3,(H,16,19)(H,20,21);;. The van der Waals surface area contributed by atoms with Crippen molar-refractivity contribution in [2.75, 3.05) is 13.1 Å². The summed E-state index contributed by atoms with van der Waals surface area (Å²) in [5, 5.41) is 21.3. The van der Waals surface area contributed by atoms with Crippen LogP contribution >= 0.6 is 0 Å². The molecule has 0 aromatic carbocycles. The molecule has 0 aromatic heterocycles. The number of rotatable bonds is 12. The van der Waals surface area contributed by atoms with Crippen molar-refractivity contribution in [2.24, 2.45) is 0 Å². The summed E-state index contributed by atoms with van der Waals surface area (Å²) in [6, 6.07) is -0.782. The Bertz CT molecular complexity index is 314. The van der Waals surface area contributed by atoms with Crippen LogP contribution < -0.4 is 5.32 Å². The Kier molecular flexibility index (Phi) is 15.8. The van der Waals surface area contributed by atoms with Gasteiger partial charge in [-0.15, -0.1) is 0 Å². The van der Waals surface area contributed by atoms with Gasteiger partial charge in [0.1, 0.15) is 12.3 Å². The molecule has 0 aliphatic carbocycles. The van der Waals surface area contributed by atoms with Gasteiger partial charge >= 0.3 is 35.5 Å². The summed E-state index contributed by atoms with van der Waals surface area (Å²) in [6.07, 6.45) is 5.15. The van der Waals surface area contributed by atoms with Crippen LogP contribution in [0, 0.1) is 0 Å². The Morgan fingerprint density at radius 1 is 1.14 bits per heavy atom. The molecule has 0 saturated heterocycles. The van der Waals surface area contributed by atoms with Crippen LogP contribution in [0.3, 0.4) is 0 Å². The van der Waals surface area contributed by atoms with E-state index >= 15 is 0 Å².